The van der Waals surface area contributed by atoms with Crippen LogP contribution in [0.3, 0.4) is 0 Å². The molecule has 0 amide bonds. The van der Waals surface area contributed by atoms with Gasteiger partial charge >= 0.3 is 0 Å². The van der Waals surface area contributed by atoms with Crippen molar-refractivity contribution in [1.29, 1.82) is 0 Å². The van der Waals surface area contributed by atoms with Gasteiger partial charge in [-0.05, 0) is 203 Å². The number of hydrogen-bond donors (Lipinski definition) is 0. The molecule has 25 aromatic rings. The molecule has 22 aromatic carbocycles. The fraction of sp³-hybridized carbons (Fsp3) is 0.0145. The van der Waals surface area contributed by atoms with Gasteiger partial charge in [-0.2, -0.15) is 0 Å². The molecule has 3 aromatic heterocycles. The lowest BCUT2D eigenvalue weighted by Crippen LogP contribution is -2.28. The predicted molar refractivity (Wildman–Crippen MR) is 598 cm³/mol. The van der Waals surface area contributed by atoms with Crippen molar-refractivity contribution in [3.8, 4) is 180 Å². The molecule has 0 radical (unpaired) electrons. The molecule has 1 spiro atoms. The van der Waals surface area contributed by atoms with Crippen LogP contribution in [-0.4, -0.2) is 39.9 Å². The van der Waals surface area contributed by atoms with E-state index in [0.717, 1.165) is 94.8 Å². The zero-order valence-electron chi connectivity index (χ0n) is 79.5. The third-order valence-electron chi connectivity index (χ3n) is 29.0. The van der Waals surface area contributed by atoms with Gasteiger partial charge < -0.3 is 0 Å². The smallest absolute Gasteiger partial charge is 0.164 e. The lowest BCUT2D eigenvalue weighted by Gasteiger charge is -2.34. The van der Waals surface area contributed by atoms with Crippen LogP contribution < -0.4 is 0 Å². The number of hydrogen-bond acceptors (Lipinski definition) is 8. The first-order chi connectivity index (χ1) is 72.4. The summed E-state index contributed by atoms with van der Waals surface area (Å²) in [6.45, 7) is 0. The molecule has 0 saturated heterocycles. The molecule has 0 aliphatic heterocycles. The fourth-order valence-corrected chi connectivity index (χ4v) is 22.3. The Kier molecular flexibility index (Phi) is 22.3. The molecule has 8 nitrogen and oxygen atoms in total. The number of benzene rings is 22. The van der Waals surface area contributed by atoms with E-state index in [0.29, 0.717) is 40.8 Å². The maximum atomic E-state index is 5.06. The van der Waals surface area contributed by atoms with Gasteiger partial charge in [0.2, 0.25) is 0 Å². The van der Waals surface area contributed by atoms with Crippen LogP contribution in [0.15, 0.2) is 546 Å². The second-order valence-electron chi connectivity index (χ2n) is 37.4. The maximum absolute atomic E-state index is 5.06. The van der Waals surface area contributed by atoms with Crippen LogP contribution in [0.1, 0.15) is 44.5 Å². The van der Waals surface area contributed by atoms with E-state index < -0.39 is 5.41 Å². The zero-order chi connectivity index (χ0) is 96.9. The molecule has 0 N–H and O–H groups in total. The van der Waals surface area contributed by atoms with Crippen LogP contribution in [0, 0.1) is 0 Å². The Balaban J connectivity index is 0.000000111. The average molecular weight is 1860 g/mol. The average Bonchev–Trinajstić information content (AvgIpc) is 1.06. The molecule has 0 saturated carbocycles. The molecule has 682 valence electrons. The Labute approximate surface area is 847 Å². The summed E-state index contributed by atoms with van der Waals surface area (Å²) in [5.41, 5.74) is 37.2. The zero-order valence-corrected chi connectivity index (χ0v) is 79.5. The summed E-state index contributed by atoms with van der Waals surface area (Å²) in [5, 5.41) is 7.71. The van der Waals surface area contributed by atoms with Crippen LogP contribution in [0.4, 0.5) is 0 Å². The molecule has 0 fully saturated rings. The van der Waals surface area contributed by atoms with Gasteiger partial charge in [0.15, 0.2) is 40.8 Å². The topological polar surface area (TPSA) is 103 Å². The highest BCUT2D eigenvalue weighted by Crippen LogP contribution is 2.64. The second kappa shape index (κ2) is 37.4. The summed E-state index contributed by atoms with van der Waals surface area (Å²) >= 11 is 0. The lowest BCUT2D eigenvalue weighted by molar-refractivity contribution is 0.769. The van der Waals surface area contributed by atoms with Crippen molar-refractivity contribution in [3.63, 3.8) is 0 Å². The normalized spacial score (nSPS) is 12.4. The standard InChI is InChI=1S/C46H29N3.C46H31N3.C46H30N2/c1-3-14-30(15-4-1)43-47-44(31-16-5-2-6-17-31)49-45(48-43)34-19-13-18-32(28-34)33-26-27-38-37-22-9-12-25-41(37)46(42(38)29-33)39-23-10-7-20-35(39)36-21-8-11-24-40(36)46;1-5-16-32(17-6-1)43-47-44(33-18-7-2-8-19-33)49-45(48-43)36-21-15-20-34(30-36)35-28-29-40-39-26-13-14-27-41(39)46(42(40)31-35,37-22-9-3-10-23-37)38-24-11-4-12-25-38;1-3-13-31(14-4-1)44-30-45(32-15-5-2-6-16-32)48-46(47-44)37-20-12-19-35(28-37)33-17-11-18-34(27-33)36-25-26-42-40-23-8-7-21-38(40)39-22-9-10-24-41(39)43(42)29-36/h1-29H;1-31H;1-30H. The molecule has 0 unspecified atom stereocenters. The van der Waals surface area contributed by atoms with E-state index >= 15 is 0 Å². The van der Waals surface area contributed by atoms with Crippen molar-refractivity contribution in [2.45, 2.75) is 10.8 Å². The molecular weight excluding hydrogens is 1770 g/mol. The molecule has 3 aliphatic rings. The minimum Gasteiger partial charge on any atom is -0.228 e. The van der Waals surface area contributed by atoms with Gasteiger partial charge in [0.05, 0.1) is 22.2 Å². The largest absolute Gasteiger partial charge is 0.228 e. The highest BCUT2D eigenvalue weighted by atomic mass is 15.0. The summed E-state index contributed by atoms with van der Waals surface area (Å²) in [6, 6.07) is 194. The van der Waals surface area contributed by atoms with Crippen molar-refractivity contribution in [2.24, 2.45) is 0 Å². The Morgan fingerprint density at radius 3 is 0.658 bits per heavy atom. The Hall–Kier alpha value is -19.3. The Morgan fingerprint density at radius 1 is 0.110 bits per heavy atom. The monoisotopic (exact) mass is 1860 g/mol. The van der Waals surface area contributed by atoms with E-state index in [1.165, 1.54) is 121 Å². The van der Waals surface area contributed by atoms with Crippen LogP contribution in [0.5, 0.6) is 0 Å². The minimum absolute atomic E-state index is 0.379. The first-order valence-electron chi connectivity index (χ1n) is 49.7. The van der Waals surface area contributed by atoms with Crippen molar-refractivity contribution in [1.82, 2.24) is 39.9 Å². The van der Waals surface area contributed by atoms with E-state index in [1.807, 2.05) is 158 Å². The van der Waals surface area contributed by atoms with E-state index in [4.69, 9.17) is 39.9 Å². The van der Waals surface area contributed by atoms with Crippen LogP contribution >= 0.6 is 0 Å². The van der Waals surface area contributed by atoms with Crippen molar-refractivity contribution in [3.05, 3.63) is 590 Å². The Bertz CT molecular complexity index is 8710. The van der Waals surface area contributed by atoms with Crippen LogP contribution in [-0.2, 0) is 10.8 Å². The second-order valence-corrected chi connectivity index (χ2v) is 37.4. The third kappa shape index (κ3) is 15.6. The third-order valence-corrected chi connectivity index (χ3v) is 29.0. The number of rotatable bonds is 15. The van der Waals surface area contributed by atoms with Gasteiger partial charge in [-0.3, -0.25) is 0 Å². The SMILES string of the molecule is c1ccc(-c2cc(-c3ccccc3)nc(-c3cccc(-c4cccc(-c5ccc6c7ccccc7c7ccccc7c6c5)c4)c3)n2)cc1.c1ccc(-c2nc(-c3ccccc3)nc(-c3cccc(-c4ccc5c(c4)C(c4ccccc4)(c4ccccc4)c4ccccc4-5)c3)n2)cc1.c1ccc(-c2nc(-c3ccccc3)nc(-c3cccc(-c4ccc5c(c4)C4(c6ccccc6-c6ccccc64)c4ccccc4-5)c3)n2)cc1. The van der Waals surface area contributed by atoms with Gasteiger partial charge in [0, 0.05) is 50.1 Å². The molecule has 3 heterocycles. The van der Waals surface area contributed by atoms with Gasteiger partial charge in [-0.15, -0.1) is 0 Å². The number of aromatic nitrogens is 8. The number of fused-ring (bicyclic) bond motifs is 19. The maximum Gasteiger partial charge on any atom is 0.164 e. The van der Waals surface area contributed by atoms with Crippen molar-refractivity contribution in [2.75, 3.05) is 0 Å². The summed E-state index contributed by atoms with van der Waals surface area (Å²) in [7, 11) is 0. The van der Waals surface area contributed by atoms with Gasteiger partial charge in [-0.1, -0.05) is 497 Å². The predicted octanol–water partition coefficient (Wildman–Crippen LogP) is 34.1. The number of nitrogens with zero attached hydrogens (tertiary/aromatic N) is 8. The van der Waals surface area contributed by atoms with E-state index in [9.17, 15) is 0 Å². The highest BCUT2D eigenvalue weighted by molar-refractivity contribution is 6.26. The van der Waals surface area contributed by atoms with E-state index in [2.05, 4.69) is 388 Å². The van der Waals surface area contributed by atoms with Gasteiger partial charge in [0.25, 0.3) is 0 Å². The first-order valence-corrected chi connectivity index (χ1v) is 49.7. The lowest BCUT2D eigenvalue weighted by atomic mass is 9.67. The van der Waals surface area contributed by atoms with Crippen molar-refractivity contribution >= 4 is 32.3 Å². The molecule has 146 heavy (non-hydrogen) atoms. The molecule has 0 bridgehead atoms. The summed E-state index contributed by atoms with van der Waals surface area (Å²) in [6.07, 6.45) is 0. The summed E-state index contributed by atoms with van der Waals surface area (Å²) in [5.74, 6) is 4.63. The minimum atomic E-state index is -0.453. The van der Waals surface area contributed by atoms with Crippen LogP contribution in [0.25, 0.3) is 212 Å². The van der Waals surface area contributed by atoms with Crippen LogP contribution in [0.2, 0.25) is 0 Å². The molecular formula is C138H90N8. The van der Waals surface area contributed by atoms with Crippen molar-refractivity contribution < 1.29 is 0 Å². The molecule has 8 heteroatoms. The van der Waals surface area contributed by atoms with E-state index in [1.54, 1.807) is 0 Å². The van der Waals surface area contributed by atoms with Gasteiger partial charge in [0.1, 0.15) is 0 Å². The molecule has 3 aliphatic carbocycles. The fourth-order valence-electron chi connectivity index (χ4n) is 22.3. The summed E-state index contributed by atoms with van der Waals surface area (Å²) in [4.78, 5) is 39.9. The molecule has 0 atom stereocenters. The van der Waals surface area contributed by atoms with Gasteiger partial charge in [-0.25, -0.2) is 39.9 Å². The summed E-state index contributed by atoms with van der Waals surface area (Å²) < 4.78 is 0. The molecule has 28 rings (SSSR count). The first kappa shape index (κ1) is 87.0. The van der Waals surface area contributed by atoms with E-state index in [-0.39, 0.29) is 5.41 Å². The Morgan fingerprint density at radius 2 is 0.322 bits per heavy atom. The quantitative estimate of drug-likeness (QED) is 0.0935. The highest BCUT2D eigenvalue weighted by Gasteiger charge is 2.52.